The minimum atomic E-state index is -0.245. The monoisotopic (exact) mass is 371 g/mol. The van der Waals surface area contributed by atoms with Gasteiger partial charge in [-0.25, -0.2) is 4.39 Å². The summed E-state index contributed by atoms with van der Waals surface area (Å²) in [4.78, 5) is 6.52. The first kappa shape index (κ1) is 18.8. The van der Waals surface area contributed by atoms with E-state index in [0.717, 1.165) is 11.1 Å². The molecule has 1 atom stereocenters. The van der Waals surface area contributed by atoms with Crippen molar-refractivity contribution in [2.24, 2.45) is 0 Å². The Hall–Kier alpha value is -2.93. The summed E-state index contributed by atoms with van der Waals surface area (Å²) in [5, 5.41) is 4.06. The lowest BCUT2D eigenvalue weighted by Gasteiger charge is -2.23. The van der Waals surface area contributed by atoms with E-state index in [9.17, 15) is 4.39 Å². The van der Waals surface area contributed by atoms with Crippen LogP contribution in [0.1, 0.15) is 24.4 Å². The van der Waals surface area contributed by atoms with Gasteiger partial charge in [0.2, 0.25) is 11.7 Å². The van der Waals surface area contributed by atoms with Crippen LogP contribution in [0.25, 0.3) is 11.4 Å². The summed E-state index contributed by atoms with van der Waals surface area (Å²) >= 11 is 0. The highest BCUT2D eigenvalue weighted by atomic mass is 19.1. The SMILES string of the molecule is COc1ccc(-c2noc(CN(C)[C@@H](C)c3ccc(F)cc3)n2)cc1OC. The average molecular weight is 371 g/mol. The highest BCUT2D eigenvalue weighted by Gasteiger charge is 2.17. The highest BCUT2D eigenvalue weighted by Crippen LogP contribution is 2.31. The van der Waals surface area contributed by atoms with Gasteiger partial charge in [-0.1, -0.05) is 17.3 Å². The molecule has 0 radical (unpaired) electrons. The number of halogens is 1. The predicted octanol–water partition coefficient (Wildman–Crippen LogP) is 4.09. The molecule has 2 aromatic carbocycles. The van der Waals surface area contributed by atoms with Crippen molar-refractivity contribution >= 4 is 0 Å². The third-order valence-corrected chi connectivity index (χ3v) is 4.51. The first-order valence-electron chi connectivity index (χ1n) is 8.52. The first-order chi connectivity index (χ1) is 13.0. The van der Waals surface area contributed by atoms with Crippen molar-refractivity contribution < 1.29 is 18.4 Å². The zero-order valence-electron chi connectivity index (χ0n) is 15.8. The lowest BCUT2D eigenvalue weighted by Crippen LogP contribution is -2.22. The molecule has 0 saturated carbocycles. The molecule has 3 aromatic rings. The fraction of sp³-hybridized carbons (Fsp3) is 0.300. The molecular weight excluding hydrogens is 349 g/mol. The number of hydrogen-bond donors (Lipinski definition) is 0. The Labute approximate surface area is 157 Å². The molecule has 0 bridgehead atoms. The fourth-order valence-corrected chi connectivity index (χ4v) is 2.76. The Morgan fingerprint density at radius 3 is 2.44 bits per heavy atom. The van der Waals surface area contributed by atoms with Gasteiger partial charge < -0.3 is 14.0 Å². The number of nitrogens with zero attached hydrogens (tertiary/aromatic N) is 3. The van der Waals surface area contributed by atoms with Gasteiger partial charge in [-0.15, -0.1) is 0 Å². The summed E-state index contributed by atoms with van der Waals surface area (Å²) in [5.74, 6) is 1.97. The van der Waals surface area contributed by atoms with Gasteiger partial charge in [0.05, 0.1) is 20.8 Å². The van der Waals surface area contributed by atoms with E-state index in [2.05, 4.69) is 15.0 Å². The van der Waals surface area contributed by atoms with Crippen molar-refractivity contribution in [3.63, 3.8) is 0 Å². The smallest absolute Gasteiger partial charge is 0.241 e. The summed E-state index contributed by atoms with van der Waals surface area (Å²) in [6.45, 7) is 2.51. The van der Waals surface area contributed by atoms with Gasteiger partial charge in [0.25, 0.3) is 0 Å². The second kappa shape index (κ2) is 8.18. The Morgan fingerprint density at radius 2 is 1.78 bits per heavy atom. The standard InChI is InChI=1S/C20H22FN3O3/c1-13(14-5-8-16(21)9-6-14)24(2)12-19-22-20(23-27-19)15-7-10-17(25-3)18(11-15)26-4/h5-11,13H,12H2,1-4H3/t13-/m0/s1. The van der Waals surface area contributed by atoms with Crippen molar-refractivity contribution in [2.45, 2.75) is 19.5 Å². The molecule has 0 amide bonds. The van der Waals surface area contributed by atoms with E-state index in [0.29, 0.717) is 29.8 Å². The molecule has 142 valence electrons. The quantitative estimate of drug-likeness (QED) is 0.624. The molecule has 7 heteroatoms. The third-order valence-electron chi connectivity index (χ3n) is 4.51. The molecule has 0 spiro atoms. The molecule has 0 saturated heterocycles. The average Bonchev–Trinajstić information content (AvgIpc) is 3.15. The predicted molar refractivity (Wildman–Crippen MR) is 99.1 cm³/mol. The summed E-state index contributed by atoms with van der Waals surface area (Å²) in [7, 11) is 5.12. The number of aromatic nitrogens is 2. The molecule has 27 heavy (non-hydrogen) atoms. The van der Waals surface area contributed by atoms with Gasteiger partial charge in [0.15, 0.2) is 11.5 Å². The molecule has 0 fully saturated rings. The van der Waals surface area contributed by atoms with E-state index < -0.39 is 0 Å². The van der Waals surface area contributed by atoms with Crippen molar-refractivity contribution in [3.8, 4) is 22.9 Å². The van der Waals surface area contributed by atoms with Crippen LogP contribution in [0.3, 0.4) is 0 Å². The van der Waals surface area contributed by atoms with Gasteiger partial charge in [-0.05, 0) is 49.9 Å². The van der Waals surface area contributed by atoms with Gasteiger partial charge >= 0.3 is 0 Å². The first-order valence-corrected chi connectivity index (χ1v) is 8.52. The molecule has 6 nitrogen and oxygen atoms in total. The van der Waals surface area contributed by atoms with Crippen LogP contribution in [-0.4, -0.2) is 36.3 Å². The van der Waals surface area contributed by atoms with Crippen LogP contribution in [0.15, 0.2) is 47.0 Å². The van der Waals surface area contributed by atoms with Crippen LogP contribution in [0.2, 0.25) is 0 Å². The fourth-order valence-electron chi connectivity index (χ4n) is 2.76. The molecule has 1 aromatic heterocycles. The van der Waals surface area contributed by atoms with Crippen LogP contribution < -0.4 is 9.47 Å². The van der Waals surface area contributed by atoms with E-state index in [1.54, 1.807) is 38.5 Å². The summed E-state index contributed by atoms with van der Waals surface area (Å²) in [5.41, 5.74) is 1.79. The minimum absolute atomic E-state index is 0.0713. The molecule has 0 aliphatic rings. The molecule has 3 rings (SSSR count). The van der Waals surface area contributed by atoms with Gasteiger partial charge in [-0.2, -0.15) is 4.98 Å². The van der Waals surface area contributed by atoms with Crippen molar-refractivity contribution in [1.29, 1.82) is 0 Å². The topological polar surface area (TPSA) is 60.6 Å². The maximum Gasteiger partial charge on any atom is 0.241 e. The zero-order chi connectivity index (χ0) is 19.4. The van der Waals surface area contributed by atoms with Crippen LogP contribution in [0, 0.1) is 5.82 Å². The Bertz CT molecular complexity index is 896. The Balaban J connectivity index is 1.73. The van der Waals surface area contributed by atoms with Gasteiger partial charge in [0, 0.05) is 11.6 Å². The number of benzene rings is 2. The maximum absolute atomic E-state index is 13.1. The second-order valence-electron chi connectivity index (χ2n) is 6.22. The van der Waals surface area contributed by atoms with Gasteiger partial charge in [0.1, 0.15) is 5.82 Å². The Kier molecular flexibility index (Phi) is 5.71. The molecule has 0 unspecified atom stereocenters. The van der Waals surface area contributed by atoms with Crippen molar-refractivity contribution in [2.75, 3.05) is 21.3 Å². The number of methoxy groups -OCH3 is 2. The van der Waals surface area contributed by atoms with E-state index in [1.807, 2.05) is 20.0 Å². The largest absolute Gasteiger partial charge is 0.493 e. The normalized spacial score (nSPS) is 12.2. The minimum Gasteiger partial charge on any atom is -0.493 e. The zero-order valence-corrected chi connectivity index (χ0v) is 15.8. The van der Waals surface area contributed by atoms with Crippen molar-refractivity contribution in [3.05, 3.63) is 59.7 Å². The maximum atomic E-state index is 13.1. The van der Waals surface area contributed by atoms with E-state index in [1.165, 1.54) is 12.1 Å². The summed E-state index contributed by atoms with van der Waals surface area (Å²) < 4.78 is 29.0. The lowest BCUT2D eigenvalue weighted by molar-refractivity contribution is 0.216. The molecule has 0 aliphatic carbocycles. The Morgan fingerprint density at radius 1 is 1.07 bits per heavy atom. The van der Waals surface area contributed by atoms with E-state index in [-0.39, 0.29) is 11.9 Å². The number of rotatable bonds is 7. The van der Waals surface area contributed by atoms with Crippen LogP contribution in [0.5, 0.6) is 11.5 Å². The summed E-state index contributed by atoms with van der Waals surface area (Å²) in [6.07, 6.45) is 0. The van der Waals surface area contributed by atoms with Crippen LogP contribution >= 0.6 is 0 Å². The molecule has 1 heterocycles. The van der Waals surface area contributed by atoms with Crippen LogP contribution in [-0.2, 0) is 6.54 Å². The number of ether oxygens (including phenoxy) is 2. The second-order valence-corrected chi connectivity index (χ2v) is 6.22. The van der Waals surface area contributed by atoms with E-state index in [4.69, 9.17) is 14.0 Å². The number of hydrogen-bond acceptors (Lipinski definition) is 6. The lowest BCUT2D eigenvalue weighted by atomic mass is 10.1. The van der Waals surface area contributed by atoms with Crippen LogP contribution in [0.4, 0.5) is 4.39 Å². The highest BCUT2D eigenvalue weighted by molar-refractivity contribution is 5.60. The molecular formula is C20H22FN3O3. The molecule has 0 aliphatic heterocycles. The van der Waals surface area contributed by atoms with E-state index >= 15 is 0 Å². The van der Waals surface area contributed by atoms with Crippen molar-refractivity contribution in [1.82, 2.24) is 15.0 Å². The summed E-state index contributed by atoms with van der Waals surface area (Å²) in [6, 6.07) is 12.0. The third kappa shape index (κ3) is 4.25. The molecule has 0 N–H and O–H groups in total. The van der Waals surface area contributed by atoms with Gasteiger partial charge in [-0.3, -0.25) is 4.90 Å².